The van der Waals surface area contributed by atoms with Gasteiger partial charge in [0.25, 0.3) is 0 Å². The first-order valence-electron chi connectivity index (χ1n) is 12.5. The molecular weight excluding hydrogens is 514 g/mol. The van der Waals surface area contributed by atoms with Gasteiger partial charge < -0.3 is 19.9 Å². The van der Waals surface area contributed by atoms with Crippen molar-refractivity contribution >= 4 is 22.6 Å². The lowest BCUT2D eigenvalue weighted by Crippen LogP contribution is -2.33. The number of aliphatic hydroxyl groups is 1. The Balaban J connectivity index is 1.16. The van der Waals surface area contributed by atoms with E-state index in [9.17, 15) is 22.9 Å². The number of nitrogens with zero attached hydrogens (tertiary/aromatic N) is 1. The molecule has 0 aromatic heterocycles. The molecule has 3 aliphatic rings. The molecule has 0 spiro atoms. The van der Waals surface area contributed by atoms with E-state index >= 15 is 0 Å². The smallest absolute Gasteiger partial charge is 0.395 e. The van der Waals surface area contributed by atoms with Crippen molar-refractivity contribution in [3.8, 4) is 22.6 Å². The fraction of sp³-hybridized carbons (Fsp3) is 0.321. The van der Waals surface area contributed by atoms with Crippen molar-refractivity contribution in [3.05, 3.63) is 72.3 Å². The molecule has 1 aliphatic carbocycles. The molecule has 6 rings (SSSR count). The van der Waals surface area contributed by atoms with Gasteiger partial charge in [0.2, 0.25) is 5.91 Å². The third-order valence-electron chi connectivity index (χ3n) is 7.40. The van der Waals surface area contributed by atoms with Gasteiger partial charge in [0.05, 0.1) is 16.9 Å². The molecule has 1 saturated carbocycles. The van der Waals surface area contributed by atoms with E-state index < -0.39 is 22.7 Å². The number of halogens is 2. The minimum atomic E-state index is -3.70. The SMILES string of the molecule is O=C(Nc1cccc(-c2ccc(S(=O)N3CCC[C@@H]3CO)cc2)c1)C1(c2ccc3c(c2)OC(F)(F)O3)CC1. The summed E-state index contributed by atoms with van der Waals surface area (Å²) in [5.74, 6) is -0.337. The third-order valence-corrected chi connectivity index (χ3v) is 8.98. The number of carbonyl (C=O) groups excluding carboxylic acids is 1. The van der Waals surface area contributed by atoms with Crippen molar-refractivity contribution in [1.29, 1.82) is 0 Å². The summed E-state index contributed by atoms with van der Waals surface area (Å²) in [4.78, 5) is 14.0. The van der Waals surface area contributed by atoms with Crippen LogP contribution in [0, 0.1) is 0 Å². The summed E-state index contributed by atoms with van der Waals surface area (Å²) in [6.45, 7) is 0.690. The lowest BCUT2D eigenvalue weighted by Gasteiger charge is -2.21. The second-order valence-electron chi connectivity index (χ2n) is 9.84. The molecule has 1 saturated heterocycles. The molecule has 1 amide bonds. The molecule has 10 heteroatoms. The van der Waals surface area contributed by atoms with Gasteiger partial charge in [0.15, 0.2) is 11.5 Å². The Labute approximate surface area is 221 Å². The molecule has 3 aromatic rings. The maximum atomic E-state index is 13.4. The average Bonchev–Trinajstić information content (AvgIpc) is 3.48. The van der Waals surface area contributed by atoms with Gasteiger partial charge in [0, 0.05) is 18.3 Å². The summed E-state index contributed by atoms with van der Waals surface area (Å²) in [7, 11) is -1.33. The van der Waals surface area contributed by atoms with Gasteiger partial charge in [-0.3, -0.25) is 4.79 Å². The van der Waals surface area contributed by atoms with Crippen LogP contribution in [0.2, 0.25) is 0 Å². The van der Waals surface area contributed by atoms with Crippen molar-refractivity contribution in [2.45, 2.75) is 48.3 Å². The zero-order valence-corrected chi connectivity index (χ0v) is 21.2. The van der Waals surface area contributed by atoms with E-state index in [1.165, 1.54) is 12.1 Å². The van der Waals surface area contributed by atoms with Crippen LogP contribution in [0.4, 0.5) is 14.5 Å². The van der Waals surface area contributed by atoms with Gasteiger partial charge in [-0.2, -0.15) is 0 Å². The number of aliphatic hydroxyl groups excluding tert-OH is 1. The number of anilines is 1. The largest absolute Gasteiger partial charge is 0.586 e. The number of ether oxygens (including phenoxy) is 2. The first-order valence-corrected chi connectivity index (χ1v) is 13.6. The van der Waals surface area contributed by atoms with Crippen LogP contribution >= 0.6 is 0 Å². The Hall–Kier alpha value is -3.34. The van der Waals surface area contributed by atoms with E-state index in [0.717, 1.165) is 24.0 Å². The van der Waals surface area contributed by atoms with E-state index in [2.05, 4.69) is 14.8 Å². The maximum Gasteiger partial charge on any atom is 0.586 e. The molecule has 2 atom stereocenters. The van der Waals surface area contributed by atoms with Crippen LogP contribution < -0.4 is 14.8 Å². The number of hydrogen-bond acceptors (Lipinski definition) is 5. The van der Waals surface area contributed by atoms with Gasteiger partial charge in [-0.25, -0.2) is 8.51 Å². The molecule has 0 radical (unpaired) electrons. The van der Waals surface area contributed by atoms with Crippen molar-refractivity contribution in [2.24, 2.45) is 0 Å². The molecule has 1 unspecified atom stereocenters. The number of hydrogen-bond donors (Lipinski definition) is 2. The number of rotatable bonds is 7. The highest BCUT2D eigenvalue weighted by molar-refractivity contribution is 7.82. The molecule has 0 bridgehead atoms. The highest BCUT2D eigenvalue weighted by Crippen LogP contribution is 2.52. The van der Waals surface area contributed by atoms with Crippen molar-refractivity contribution < 1.29 is 32.4 Å². The third kappa shape index (κ3) is 4.57. The molecule has 2 fully saturated rings. The first kappa shape index (κ1) is 25.0. The van der Waals surface area contributed by atoms with Gasteiger partial charge in [-0.1, -0.05) is 30.3 Å². The van der Waals surface area contributed by atoms with Gasteiger partial charge in [-0.05, 0) is 78.8 Å². The minimum absolute atomic E-state index is 0.00573. The Morgan fingerprint density at radius 1 is 1.03 bits per heavy atom. The van der Waals surface area contributed by atoms with Crippen LogP contribution in [0.15, 0.2) is 71.6 Å². The maximum absolute atomic E-state index is 13.4. The second-order valence-corrected chi connectivity index (χ2v) is 11.3. The first-order chi connectivity index (χ1) is 18.3. The predicted molar refractivity (Wildman–Crippen MR) is 137 cm³/mol. The Morgan fingerprint density at radius 3 is 2.53 bits per heavy atom. The summed E-state index contributed by atoms with van der Waals surface area (Å²) in [5.41, 5.74) is 2.20. The highest BCUT2D eigenvalue weighted by atomic mass is 32.2. The van der Waals surface area contributed by atoms with Gasteiger partial charge in [0.1, 0.15) is 11.0 Å². The minimum Gasteiger partial charge on any atom is -0.395 e. The summed E-state index contributed by atoms with van der Waals surface area (Å²) in [5, 5.41) is 12.5. The number of carbonyl (C=O) groups is 1. The molecule has 2 N–H and O–H groups in total. The number of nitrogens with one attached hydrogen (secondary N) is 1. The molecule has 3 aromatic carbocycles. The Bertz CT molecular complexity index is 1410. The van der Waals surface area contributed by atoms with Crippen LogP contribution in [0.5, 0.6) is 11.5 Å². The normalized spacial score (nSPS) is 21.7. The van der Waals surface area contributed by atoms with E-state index in [1.54, 1.807) is 12.1 Å². The quantitative estimate of drug-likeness (QED) is 0.449. The highest BCUT2D eigenvalue weighted by Gasteiger charge is 2.52. The van der Waals surface area contributed by atoms with Crippen LogP contribution in [0.3, 0.4) is 0 Å². The zero-order valence-electron chi connectivity index (χ0n) is 20.4. The molecule has 2 aliphatic heterocycles. The van der Waals surface area contributed by atoms with Crippen LogP contribution in [0.25, 0.3) is 11.1 Å². The summed E-state index contributed by atoms with van der Waals surface area (Å²) < 4.78 is 50.7. The Morgan fingerprint density at radius 2 is 1.79 bits per heavy atom. The molecule has 198 valence electrons. The number of amides is 1. The standard InChI is InChI=1S/C28H26F2N2O5S/c29-28(30)36-24-11-8-20(16-25(24)37-28)27(12-13-27)26(34)31-21-4-1-3-19(15-21)18-6-9-23(10-7-18)38(35)32-14-2-5-22(32)17-33/h1,3-4,6-11,15-16,22,33H,2,5,12-14,17H2,(H,31,34)/t22-,38?/m1/s1. The fourth-order valence-corrected chi connectivity index (χ4v) is 6.53. The number of fused-ring (bicyclic) bond motifs is 1. The summed E-state index contributed by atoms with van der Waals surface area (Å²) in [6, 6.07) is 19.3. The molecule has 38 heavy (non-hydrogen) atoms. The second kappa shape index (κ2) is 9.44. The number of benzene rings is 3. The number of alkyl halides is 2. The van der Waals surface area contributed by atoms with E-state index in [1.807, 2.05) is 46.8 Å². The van der Waals surface area contributed by atoms with Gasteiger partial charge in [-0.15, -0.1) is 8.78 Å². The monoisotopic (exact) mass is 540 g/mol. The molecule has 2 heterocycles. The molecule has 7 nitrogen and oxygen atoms in total. The molecular formula is C28H26F2N2O5S. The van der Waals surface area contributed by atoms with Crippen LogP contribution in [-0.2, 0) is 21.2 Å². The topological polar surface area (TPSA) is 88.1 Å². The van der Waals surface area contributed by atoms with E-state index in [4.69, 9.17) is 0 Å². The average molecular weight is 541 g/mol. The predicted octanol–water partition coefficient (Wildman–Crippen LogP) is 4.82. The fourth-order valence-electron chi connectivity index (χ4n) is 5.15. The van der Waals surface area contributed by atoms with Crippen LogP contribution in [-0.4, -0.2) is 45.0 Å². The lowest BCUT2D eigenvalue weighted by atomic mass is 9.94. The zero-order chi connectivity index (χ0) is 26.5. The van der Waals surface area contributed by atoms with Gasteiger partial charge >= 0.3 is 6.29 Å². The summed E-state index contributed by atoms with van der Waals surface area (Å²) in [6.07, 6.45) is -0.754. The van der Waals surface area contributed by atoms with Crippen molar-refractivity contribution in [2.75, 3.05) is 18.5 Å². The summed E-state index contributed by atoms with van der Waals surface area (Å²) >= 11 is 0. The van der Waals surface area contributed by atoms with Crippen LogP contribution in [0.1, 0.15) is 31.2 Å². The van der Waals surface area contributed by atoms with Crippen molar-refractivity contribution in [1.82, 2.24) is 4.31 Å². The van der Waals surface area contributed by atoms with Crippen molar-refractivity contribution in [3.63, 3.8) is 0 Å². The Kier molecular flexibility index (Phi) is 6.20. The lowest BCUT2D eigenvalue weighted by molar-refractivity contribution is -0.286. The van der Waals surface area contributed by atoms with E-state index in [0.29, 0.717) is 35.5 Å². The van der Waals surface area contributed by atoms with E-state index in [-0.39, 0.29) is 30.1 Å².